The van der Waals surface area contributed by atoms with Gasteiger partial charge >= 0.3 is 5.97 Å². The van der Waals surface area contributed by atoms with E-state index in [-0.39, 0.29) is 17.2 Å². The van der Waals surface area contributed by atoms with Crippen LogP contribution in [-0.2, 0) is 11.2 Å². The van der Waals surface area contributed by atoms with Gasteiger partial charge < -0.3 is 14.7 Å². The van der Waals surface area contributed by atoms with E-state index in [0.717, 1.165) is 12.5 Å². The number of hydrogen-bond donors (Lipinski definition) is 1. The molecule has 0 atom stereocenters. The smallest absolute Gasteiger partial charge is 0.335 e. The van der Waals surface area contributed by atoms with Crippen LogP contribution >= 0.6 is 0 Å². The van der Waals surface area contributed by atoms with E-state index in [9.17, 15) is 14.0 Å². The molecule has 2 aromatic carbocycles. The number of amides is 1. The van der Waals surface area contributed by atoms with Crippen LogP contribution in [0.15, 0.2) is 48.5 Å². The number of carboxylic acids is 1. The number of carbonyl (C=O) groups excluding carboxylic acids is 1. The van der Waals surface area contributed by atoms with Crippen LogP contribution in [0.1, 0.15) is 39.1 Å². The number of benzene rings is 2. The highest BCUT2D eigenvalue weighted by Gasteiger charge is 2.26. The van der Waals surface area contributed by atoms with Crippen LogP contribution in [0, 0.1) is 5.82 Å². The summed E-state index contributed by atoms with van der Waals surface area (Å²) in [5, 5.41) is 8.88. The fraction of sp³-hybridized carbons (Fsp3) is 0.333. The van der Waals surface area contributed by atoms with E-state index >= 15 is 0 Å². The number of carboxylic acid groups (broad SMARTS) is 1. The summed E-state index contributed by atoms with van der Waals surface area (Å²) in [6, 6.07) is 13.5. The lowest BCUT2D eigenvalue weighted by molar-refractivity contribution is 0.00991. The first-order valence-electron chi connectivity index (χ1n) is 9.02. The maximum Gasteiger partial charge on any atom is 0.335 e. The third kappa shape index (κ3) is 4.92. The number of likely N-dealkylation sites (tertiary alicyclic amines) is 1. The lowest BCUT2D eigenvalue weighted by Crippen LogP contribution is -2.41. The summed E-state index contributed by atoms with van der Waals surface area (Å²) < 4.78 is 20.0. The molecule has 1 saturated heterocycles. The minimum absolute atomic E-state index is 0.0940. The standard InChI is InChI=1S/C21H22FNO4/c22-19-14-16(21(25)26)6-7-18(19)20(24)23-11-8-17(9-12-23)27-13-10-15-4-2-1-3-5-15/h1-7,14,17H,8-13H2,(H,25,26). The Kier molecular flexibility index (Phi) is 6.19. The molecule has 142 valence electrons. The SMILES string of the molecule is O=C(O)c1ccc(C(=O)N2CCC(OCCc3ccccc3)CC2)c(F)c1. The van der Waals surface area contributed by atoms with E-state index in [1.54, 1.807) is 4.90 Å². The highest BCUT2D eigenvalue weighted by molar-refractivity contribution is 5.96. The molecule has 6 heteroatoms. The number of nitrogens with zero attached hydrogens (tertiary/aromatic N) is 1. The molecule has 1 amide bonds. The molecule has 3 rings (SSSR count). The van der Waals surface area contributed by atoms with Gasteiger partial charge in [-0.2, -0.15) is 0 Å². The highest BCUT2D eigenvalue weighted by atomic mass is 19.1. The van der Waals surface area contributed by atoms with Gasteiger partial charge in [0, 0.05) is 13.1 Å². The first-order valence-corrected chi connectivity index (χ1v) is 9.02. The molecule has 5 nitrogen and oxygen atoms in total. The fourth-order valence-electron chi connectivity index (χ4n) is 3.21. The molecule has 1 fully saturated rings. The Balaban J connectivity index is 1.48. The second-order valence-corrected chi connectivity index (χ2v) is 6.60. The molecular formula is C21H22FNO4. The van der Waals surface area contributed by atoms with E-state index in [2.05, 4.69) is 12.1 Å². The van der Waals surface area contributed by atoms with Crippen molar-refractivity contribution >= 4 is 11.9 Å². The van der Waals surface area contributed by atoms with Gasteiger partial charge in [0.25, 0.3) is 5.91 Å². The Morgan fingerprint density at radius 1 is 1.11 bits per heavy atom. The van der Waals surface area contributed by atoms with E-state index in [0.29, 0.717) is 32.5 Å². The molecule has 0 aromatic heterocycles. The molecule has 1 aliphatic rings. The molecule has 0 unspecified atom stereocenters. The normalized spacial score (nSPS) is 14.9. The van der Waals surface area contributed by atoms with Gasteiger partial charge in [-0.25, -0.2) is 9.18 Å². The third-order valence-corrected chi connectivity index (χ3v) is 4.76. The lowest BCUT2D eigenvalue weighted by Gasteiger charge is -2.32. The van der Waals surface area contributed by atoms with Crippen LogP contribution in [0.25, 0.3) is 0 Å². The van der Waals surface area contributed by atoms with E-state index in [4.69, 9.17) is 9.84 Å². The maximum atomic E-state index is 14.1. The van der Waals surface area contributed by atoms with E-state index in [1.807, 2.05) is 18.2 Å². The maximum absolute atomic E-state index is 14.1. The quantitative estimate of drug-likeness (QED) is 0.845. The zero-order valence-corrected chi connectivity index (χ0v) is 14.9. The second-order valence-electron chi connectivity index (χ2n) is 6.60. The van der Waals surface area contributed by atoms with Crippen LogP contribution in [0.5, 0.6) is 0 Å². The molecule has 0 spiro atoms. The lowest BCUT2D eigenvalue weighted by atomic mass is 10.0. The molecule has 0 aliphatic carbocycles. The van der Waals surface area contributed by atoms with Crippen LogP contribution in [-0.4, -0.2) is 47.7 Å². The Bertz CT molecular complexity index is 801. The molecule has 0 saturated carbocycles. The molecule has 0 bridgehead atoms. The number of piperidine rings is 1. The van der Waals surface area contributed by atoms with Gasteiger partial charge in [0.1, 0.15) is 5.82 Å². The summed E-state index contributed by atoms with van der Waals surface area (Å²) in [4.78, 5) is 25.0. The summed E-state index contributed by atoms with van der Waals surface area (Å²) in [5.74, 6) is -2.44. The number of halogens is 1. The summed E-state index contributed by atoms with van der Waals surface area (Å²) in [6.45, 7) is 1.62. The number of rotatable bonds is 6. The van der Waals surface area contributed by atoms with Gasteiger partial charge in [-0.1, -0.05) is 30.3 Å². The first-order chi connectivity index (χ1) is 13.0. The molecule has 2 aromatic rings. The zero-order chi connectivity index (χ0) is 19.2. The van der Waals surface area contributed by atoms with Crippen molar-refractivity contribution in [1.29, 1.82) is 0 Å². The molecule has 1 heterocycles. The van der Waals surface area contributed by atoms with Crippen molar-refractivity contribution in [2.45, 2.75) is 25.4 Å². The first kappa shape index (κ1) is 19.0. The average Bonchev–Trinajstić information content (AvgIpc) is 2.69. The van der Waals surface area contributed by atoms with Crippen LogP contribution in [0.3, 0.4) is 0 Å². The zero-order valence-electron chi connectivity index (χ0n) is 14.9. The molecule has 1 aliphatic heterocycles. The minimum atomic E-state index is -1.22. The van der Waals surface area contributed by atoms with Gasteiger partial charge in [-0.3, -0.25) is 4.79 Å². The van der Waals surface area contributed by atoms with Crippen LogP contribution in [0.2, 0.25) is 0 Å². The summed E-state index contributed by atoms with van der Waals surface area (Å²) >= 11 is 0. The van der Waals surface area contributed by atoms with Crippen molar-refractivity contribution in [1.82, 2.24) is 4.90 Å². The summed E-state index contributed by atoms with van der Waals surface area (Å²) in [7, 11) is 0. The average molecular weight is 371 g/mol. The second kappa shape index (κ2) is 8.77. The van der Waals surface area contributed by atoms with Crippen molar-refractivity contribution in [2.24, 2.45) is 0 Å². The van der Waals surface area contributed by atoms with Crippen LogP contribution < -0.4 is 0 Å². The topological polar surface area (TPSA) is 66.8 Å². The van der Waals surface area contributed by atoms with Crippen LogP contribution in [0.4, 0.5) is 4.39 Å². The van der Waals surface area contributed by atoms with Gasteiger partial charge in [0.2, 0.25) is 0 Å². The highest BCUT2D eigenvalue weighted by Crippen LogP contribution is 2.19. The third-order valence-electron chi connectivity index (χ3n) is 4.76. The Hall–Kier alpha value is -2.73. The van der Waals surface area contributed by atoms with Crippen molar-refractivity contribution in [3.8, 4) is 0 Å². The monoisotopic (exact) mass is 371 g/mol. The molecule has 0 radical (unpaired) electrons. The number of hydrogen-bond acceptors (Lipinski definition) is 3. The Labute approximate surface area is 157 Å². The van der Waals surface area contributed by atoms with Gasteiger partial charge in [-0.05, 0) is 43.0 Å². The molecular weight excluding hydrogens is 349 g/mol. The molecule has 1 N–H and O–H groups in total. The number of aromatic carboxylic acids is 1. The Morgan fingerprint density at radius 3 is 2.44 bits per heavy atom. The summed E-state index contributed by atoms with van der Waals surface area (Å²) in [6.07, 6.45) is 2.35. The number of ether oxygens (including phenoxy) is 1. The van der Waals surface area contributed by atoms with Gasteiger partial charge in [-0.15, -0.1) is 0 Å². The largest absolute Gasteiger partial charge is 0.478 e. The van der Waals surface area contributed by atoms with Crippen molar-refractivity contribution in [3.63, 3.8) is 0 Å². The van der Waals surface area contributed by atoms with Crippen molar-refractivity contribution < 1.29 is 23.8 Å². The van der Waals surface area contributed by atoms with E-state index in [1.165, 1.54) is 17.7 Å². The molecule has 27 heavy (non-hydrogen) atoms. The number of carbonyl (C=O) groups is 2. The van der Waals surface area contributed by atoms with Crippen molar-refractivity contribution in [3.05, 3.63) is 71.0 Å². The minimum Gasteiger partial charge on any atom is -0.478 e. The van der Waals surface area contributed by atoms with E-state index < -0.39 is 17.7 Å². The predicted octanol–water partition coefficient (Wildman–Crippen LogP) is 3.39. The van der Waals surface area contributed by atoms with Gasteiger partial charge in [0.15, 0.2) is 0 Å². The van der Waals surface area contributed by atoms with Crippen molar-refractivity contribution in [2.75, 3.05) is 19.7 Å². The van der Waals surface area contributed by atoms with Gasteiger partial charge in [0.05, 0.1) is 23.8 Å². The predicted molar refractivity (Wildman–Crippen MR) is 98.4 cm³/mol. The fourth-order valence-corrected chi connectivity index (χ4v) is 3.21. The summed E-state index contributed by atoms with van der Waals surface area (Å²) in [5.41, 5.74) is 0.961. The Morgan fingerprint density at radius 2 is 1.81 bits per heavy atom.